The molecule has 0 saturated heterocycles. The lowest BCUT2D eigenvalue weighted by molar-refractivity contribution is -0.199. The Morgan fingerprint density at radius 1 is 0.833 bits per heavy atom. The van der Waals surface area contributed by atoms with E-state index in [-0.39, 0.29) is 23.1 Å². The second-order valence-corrected chi connectivity index (χ2v) is 10.6. The van der Waals surface area contributed by atoms with Crippen LogP contribution in [0.15, 0.2) is 24.3 Å². The van der Waals surface area contributed by atoms with Crippen LogP contribution in [-0.2, 0) is 19.1 Å². The number of esters is 2. The van der Waals surface area contributed by atoms with E-state index in [1.54, 1.807) is 13.8 Å². The van der Waals surface area contributed by atoms with Crippen LogP contribution in [0, 0.1) is 23.7 Å². The molecule has 0 unspecified atom stereocenters. The molecule has 30 heavy (non-hydrogen) atoms. The molecular formula is C26H40O4. The number of carbonyl (C=O) groups is 2. The Morgan fingerprint density at radius 3 is 1.67 bits per heavy atom. The second kappa shape index (κ2) is 8.88. The predicted molar refractivity (Wildman–Crippen MR) is 119 cm³/mol. The average Bonchev–Trinajstić information content (AvgIpc) is 3.15. The van der Waals surface area contributed by atoms with Crippen molar-refractivity contribution in [3.8, 4) is 0 Å². The summed E-state index contributed by atoms with van der Waals surface area (Å²) < 4.78 is 11.3. The maximum atomic E-state index is 11.8. The molecule has 0 N–H and O–H groups in total. The molecule has 0 heterocycles. The van der Waals surface area contributed by atoms with Crippen LogP contribution >= 0.6 is 0 Å². The summed E-state index contributed by atoms with van der Waals surface area (Å²) in [5, 5.41) is 0. The summed E-state index contributed by atoms with van der Waals surface area (Å²) in [5.41, 5.74) is 0.652. The largest absolute Gasteiger partial charge is 0.456 e. The monoisotopic (exact) mass is 416 g/mol. The van der Waals surface area contributed by atoms with Crippen LogP contribution in [0.5, 0.6) is 0 Å². The topological polar surface area (TPSA) is 52.6 Å². The van der Waals surface area contributed by atoms with Crippen LogP contribution < -0.4 is 0 Å². The summed E-state index contributed by atoms with van der Waals surface area (Å²) in [7, 11) is 0. The predicted octanol–water partition coefficient (Wildman–Crippen LogP) is 6.15. The molecule has 5 rings (SSSR count). The zero-order valence-electron chi connectivity index (χ0n) is 19.4. The van der Waals surface area contributed by atoms with Crippen LogP contribution in [-0.4, -0.2) is 23.1 Å². The third-order valence-corrected chi connectivity index (χ3v) is 8.24. The van der Waals surface area contributed by atoms with E-state index in [1.165, 1.54) is 44.9 Å². The minimum absolute atomic E-state index is 0.171. The highest BCUT2D eigenvalue weighted by molar-refractivity contribution is 5.87. The summed E-state index contributed by atoms with van der Waals surface area (Å²) in [6, 6.07) is 0. The molecule has 0 aromatic carbocycles. The van der Waals surface area contributed by atoms with E-state index in [0.717, 1.165) is 31.1 Å². The van der Waals surface area contributed by atoms with Crippen molar-refractivity contribution in [1.82, 2.24) is 0 Å². The van der Waals surface area contributed by atoms with Gasteiger partial charge in [0.15, 0.2) is 0 Å². The Hall–Kier alpha value is -1.58. The third-order valence-electron chi connectivity index (χ3n) is 8.24. The lowest BCUT2D eigenvalue weighted by atomic mass is 9.50. The van der Waals surface area contributed by atoms with Crippen molar-refractivity contribution < 1.29 is 19.1 Å². The van der Waals surface area contributed by atoms with Gasteiger partial charge in [0.05, 0.1) is 0 Å². The molecule has 4 bridgehead atoms. The molecule has 0 radical (unpaired) electrons. The Kier molecular flexibility index (Phi) is 6.84. The first-order valence-electron chi connectivity index (χ1n) is 11.9. The molecule has 168 valence electrons. The average molecular weight is 417 g/mol. The van der Waals surface area contributed by atoms with Gasteiger partial charge in [-0.05, 0) is 109 Å². The van der Waals surface area contributed by atoms with Crippen molar-refractivity contribution in [1.29, 1.82) is 0 Å². The van der Waals surface area contributed by atoms with Gasteiger partial charge in [-0.25, -0.2) is 9.59 Å². The third kappa shape index (κ3) is 4.68. The van der Waals surface area contributed by atoms with Gasteiger partial charge < -0.3 is 9.47 Å². The first kappa shape index (κ1) is 23.1. The normalized spacial score (nSPS) is 35.2. The van der Waals surface area contributed by atoms with E-state index in [2.05, 4.69) is 27.0 Å². The highest BCUT2D eigenvalue weighted by atomic mass is 16.6. The lowest BCUT2D eigenvalue weighted by Crippen LogP contribution is -2.58. The van der Waals surface area contributed by atoms with Gasteiger partial charge in [0.1, 0.15) is 11.2 Å². The SMILES string of the molecule is C=C(C)C(=O)OC1(C)C2CC3CC(C2)CC1C3.C=C(C)C(=O)OC1(CC)CCCC1. The van der Waals surface area contributed by atoms with Crippen molar-refractivity contribution in [2.24, 2.45) is 23.7 Å². The molecule has 5 fully saturated rings. The van der Waals surface area contributed by atoms with Crippen molar-refractivity contribution in [3.05, 3.63) is 24.3 Å². The number of ether oxygens (including phenoxy) is 2. The maximum absolute atomic E-state index is 11.8. The van der Waals surface area contributed by atoms with Crippen LogP contribution in [0.2, 0.25) is 0 Å². The van der Waals surface area contributed by atoms with Gasteiger partial charge in [0.2, 0.25) is 0 Å². The van der Waals surface area contributed by atoms with Gasteiger partial charge in [0, 0.05) is 11.1 Å². The van der Waals surface area contributed by atoms with Gasteiger partial charge in [-0.3, -0.25) is 0 Å². The molecule has 0 aromatic heterocycles. The number of rotatable bonds is 5. The van der Waals surface area contributed by atoms with Crippen LogP contribution in [0.4, 0.5) is 0 Å². The molecule has 0 atom stereocenters. The van der Waals surface area contributed by atoms with E-state index in [1.807, 2.05) is 0 Å². The fraction of sp³-hybridized carbons (Fsp3) is 0.769. The summed E-state index contributed by atoms with van der Waals surface area (Å²) in [4.78, 5) is 23.2. The van der Waals surface area contributed by atoms with Crippen molar-refractivity contribution >= 4 is 11.9 Å². The zero-order chi connectivity index (χ0) is 22.1. The van der Waals surface area contributed by atoms with Gasteiger partial charge in [-0.2, -0.15) is 0 Å². The van der Waals surface area contributed by atoms with E-state index < -0.39 is 0 Å². The van der Waals surface area contributed by atoms with E-state index in [4.69, 9.17) is 9.47 Å². The quantitative estimate of drug-likeness (QED) is 0.398. The molecular weight excluding hydrogens is 376 g/mol. The Balaban J connectivity index is 0.000000178. The second-order valence-electron chi connectivity index (χ2n) is 10.6. The summed E-state index contributed by atoms with van der Waals surface area (Å²) in [6.45, 7) is 15.0. The van der Waals surface area contributed by atoms with Crippen LogP contribution in [0.25, 0.3) is 0 Å². The molecule has 4 heteroatoms. The zero-order valence-corrected chi connectivity index (χ0v) is 19.4. The van der Waals surface area contributed by atoms with Gasteiger partial charge in [-0.1, -0.05) is 20.1 Å². The van der Waals surface area contributed by atoms with Gasteiger partial charge >= 0.3 is 11.9 Å². The number of hydrogen-bond acceptors (Lipinski definition) is 4. The van der Waals surface area contributed by atoms with E-state index >= 15 is 0 Å². The van der Waals surface area contributed by atoms with E-state index in [0.29, 0.717) is 23.0 Å². The summed E-state index contributed by atoms with van der Waals surface area (Å²) in [6.07, 6.45) is 11.8. The summed E-state index contributed by atoms with van der Waals surface area (Å²) >= 11 is 0. The van der Waals surface area contributed by atoms with Crippen LogP contribution in [0.1, 0.15) is 91.9 Å². The highest BCUT2D eigenvalue weighted by Crippen LogP contribution is 2.59. The summed E-state index contributed by atoms with van der Waals surface area (Å²) in [5.74, 6) is 2.59. The van der Waals surface area contributed by atoms with Crippen LogP contribution in [0.3, 0.4) is 0 Å². The van der Waals surface area contributed by atoms with Gasteiger partial charge in [-0.15, -0.1) is 0 Å². The van der Waals surface area contributed by atoms with Gasteiger partial charge in [0.25, 0.3) is 0 Å². The molecule has 5 saturated carbocycles. The number of carbonyl (C=O) groups excluding carboxylic acids is 2. The Bertz CT molecular complexity index is 670. The number of hydrogen-bond donors (Lipinski definition) is 0. The molecule has 4 nitrogen and oxygen atoms in total. The molecule has 0 aromatic rings. The smallest absolute Gasteiger partial charge is 0.333 e. The first-order valence-corrected chi connectivity index (χ1v) is 11.9. The Labute approximate surface area is 182 Å². The molecule has 5 aliphatic carbocycles. The molecule has 0 spiro atoms. The fourth-order valence-electron chi connectivity index (χ4n) is 6.40. The highest BCUT2D eigenvalue weighted by Gasteiger charge is 2.57. The fourth-order valence-corrected chi connectivity index (χ4v) is 6.40. The van der Waals surface area contributed by atoms with Crippen molar-refractivity contribution in [2.75, 3.05) is 0 Å². The first-order chi connectivity index (χ1) is 14.1. The lowest BCUT2D eigenvalue weighted by Gasteiger charge is -2.59. The van der Waals surface area contributed by atoms with E-state index in [9.17, 15) is 9.59 Å². The standard InChI is InChI=1S/C15H22O2.C11H18O2/c1-9(2)14(16)17-15(3)12-5-10-4-11(7-12)8-13(15)6-10;1-4-11(7-5-6-8-11)13-10(12)9(2)3/h10-13H,1,4-8H2,2-3H3;2,4-8H2,1,3H3. The molecule has 0 aliphatic heterocycles. The van der Waals surface area contributed by atoms with Crippen molar-refractivity contribution in [2.45, 2.75) is 103 Å². The Morgan fingerprint density at radius 2 is 1.27 bits per heavy atom. The minimum Gasteiger partial charge on any atom is -0.456 e. The minimum atomic E-state index is -0.233. The van der Waals surface area contributed by atoms with Crippen molar-refractivity contribution in [3.63, 3.8) is 0 Å². The molecule has 0 amide bonds. The molecule has 5 aliphatic rings. The maximum Gasteiger partial charge on any atom is 0.333 e.